The maximum atomic E-state index is 12.2. The highest BCUT2D eigenvalue weighted by molar-refractivity contribution is 5.96. The lowest BCUT2D eigenvalue weighted by molar-refractivity contribution is -0.120. The summed E-state index contributed by atoms with van der Waals surface area (Å²) in [5.41, 5.74) is 2.83. The molecular weight excluding hydrogens is 340 g/mol. The highest BCUT2D eigenvalue weighted by atomic mass is 16.5. The van der Waals surface area contributed by atoms with Crippen LogP contribution in [0.1, 0.15) is 42.3 Å². The lowest BCUT2D eigenvalue weighted by Gasteiger charge is -2.19. The fourth-order valence-corrected chi connectivity index (χ4v) is 2.62. The SMILES string of the molecule is COc1cccc(CCNC(=O)CNC(=O)c2ccc(C(C)(C)C)cc2)c1. The molecule has 0 saturated carbocycles. The van der Waals surface area contributed by atoms with Gasteiger partial charge in [0.25, 0.3) is 5.91 Å². The Kier molecular flexibility index (Phi) is 6.99. The fourth-order valence-electron chi connectivity index (χ4n) is 2.62. The van der Waals surface area contributed by atoms with E-state index < -0.39 is 0 Å². The molecule has 0 unspecified atom stereocenters. The molecule has 27 heavy (non-hydrogen) atoms. The predicted molar refractivity (Wildman–Crippen MR) is 107 cm³/mol. The van der Waals surface area contributed by atoms with Crippen LogP contribution in [0.5, 0.6) is 5.75 Å². The molecule has 0 radical (unpaired) electrons. The molecule has 2 rings (SSSR count). The Balaban J connectivity index is 1.75. The zero-order chi connectivity index (χ0) is 19.9. The van der Waals surface area contributed by atoms with Crippen molar-refractivity contribution in [1.82, 2.24) is 10.6 Å². The van der Waals surface area contributed by atoms with Crippen LogP contribution in [0, 0.1) is 0 Å². The zero-order valence-corrected chi connectivity index (χ0v) is 16.5. The molecule has 0 aromatic heterocycles. The molecule has 0 aliphatic heterocycles. The van der Waals surface area contributed by atoms with Gasteiger partial charge in [-0.25, -0.2) is 0 Å². The third kappa shape index (κ3) is 6.44. The van der Waals surface area contributed by atoms with E-state index in [0.717, 1.165) is 16.9 Å². The van der Waals surface area contributed by atoms with E-state index in [1.165, 1.54) is 0 Å². The summed E-state index contributed by atoms with van der Waals surface area (Å²) in [5, 5.41) is 5.46. The first-order valence-electron chi connectivity index (χ1n) is 9.08. The molecule has 2 aromatic rings. The van der Waals surface area contributed by atoms with Gasteiger partial charge in [-0.3, -0.25) is 9.59 Å². The second-order valence-corrected chi connectivity index (χ2v) is 7.46. The topological polar surface area (TPSA) is 67.4 Å². The van der Waals surface area contributed by atoms with Gasteiger partial charge in [-0.15, -0.1) is 0 Å². The largest absolute Gasteiger partial charge is 0.497 e. The van der Waals surface area contributed by atoms with Gasteiger partial charge < -0.3 is 15.4 Å². The van der Waals surface area contributed by atoms with Gasteiger partial charge in [0, 0.05) is 12.1 Å². The minimum Gasteiger partial charge on any atom is -0.497 e. The van der Waals surface area contributed by atoms with Crippen molar-refractivity contribution in [2.75, 3.05) is 20.2 Å². The molecule has 5 heteroatoms. The number of carbonyl (C=O) groups excluding carboxylic acids is 2. The van der Waals surface area contributed by atoms with Crippen LogP contribution >= 0.6 is 0 Å². The van der Waals surface area contributed by atoms with Crippen molar-refractivity contribution in [2.24, 2.45) is 0 Å². The number of ether oxygens (including phenoxy) is 1. The standard InChI is InChI=1S/C22H28N2O3/c1-22(2,3)18-10-8-17(9-11-18)21(26)24-15-20(25)23-13-12-16-6-5-7-19(14-16)27-4/h5-11,14H,12-13,15H2,1-4H3,(H,23,25)(H,24,26). The van der Waals surface area contributed by atoms with Crippen LogP contribution in [0.4, 0.5) is 0 Å². The van der Waals surface area contributed by atoms with Crippen LogP contribution in [0.15, 0.2) is 48.5 Å². The van der Waals surface area contributed by atoms with E-state index in [1.807, 2.05) is 36.4 Å². The predicted octanol–water partition coefficient (Wildman–Crippen LogP) is 3.08. The molecule has 0 saturated heterocycles. The Hall–Kier alpha value is -2.82. The highest BCUT2D eigenvalue weighted by Gasteiger charge is 2.14. The van der Waals surface area contributed by atoms with Crippen molar-refractivity contribution in [1.29, 1.82) is 0 Å². The third-order valence-corrected chi connectivity index (χ3v) is 4.29. The van der Waals surface area contributed by atoms with Crippen LogP contribution in [-0.4, -0.2) is 32.0 Å². The summed E-state index contributed by atoms with van der Waals surface area (Å²) in [7, 11) is 1.63. The molecule has 0 fully saturated rings. The van der Waals surface area contributed by atoms with Crippen LogP contribution < -0.4 is 15.4 Å². The Bertz CT molecular complexity index is 777. The second-order valence-electron chi connectivity index (χ2n) is 7.46. The molecule has 0 aliphatic rings. The minimum atomic E-state index is -0.251. The number of hydrogen-bond acceptors (Lipinski definition) is 3. The molecule has 144 valence electrons. The molecule has 0 atom stereocenters. The first kappa shape index (κ1) is 20.5. The number of rotatable bonds is 7. The van der Waals surface area contributed by atoms with Gasteiger partial charge >= 0.3 is 0 Å². The number of methoxy groups -OCH3 is 1. The molecule has 2 aromatic carbocycles. The average molecular weight is 368 g/mol. The van der Waals surface area contributed by atoms with Crippen LogP contribution in [-0.2, 0) is 16.6 Å². The lowest BCUT2D eigenvalue weighted by atomic mass is 9.87. The van der Waals surface area contributed by atoms with Crippen molar-refractivity contribution in [2.45, 2.75) is 32.6 Å². The Morgan fingerprint density at radius 2 is 1.70 bits per heavy atom. The normalized spacial score (nSPS) is 11.0. The zero-order valence-electron chi connectivity index (χ0n) is 16.5. The second kappa shape index (κ2) is 9.21. The first-order chi connectivity index (χ1) is 12.8. The van der Waals surface area contributed by atoms with Crippen LogP contribution in [0.25, 0.3) is 0 Å². The Labute approximate surface area is 161 Å². The van der Waals surface area contributed by atoms with E-state index in [4.69, 9.17) is 4.74 Å². The van der Waals surface area contributed by atoms with Crippen molar-refractivity contribution in [3.05, 3.63) is 65.2 Å². The quantitative estimate of drug-likeness (QED) is 0.789. The summed E-state index contributed by atoms with van der Waals surface area (Å²) in [4.78, 5) is 24.1. The molecule has 0 heterocycles. The summed E-state index contributed by atoms with van der Waals surface area (Å²) in [6, 6.07) is 15.2. The molecule has 2 N–H and O–H groups in total. The number of nitrogens with one attached hydrogen (secondary N) is 2. The van der Waals surface area contributed by atoms with Crippen molar-refractivity contribution in [3.63, 3.8) is 0 Å². The van der Waals surface area contributed by atoms with Gasteiger partial charge in [-0.05, 0) is 47.2 Å². The Morgan fingerprint density at radius 3 is 2.33 bits per heavy atom. The summed E-state index contributed by atoms with van der Waals surface area (Å²) >= 11 is 0. The van der Waals surface area contributed by atoms with Gasteiger partial charge in [-0.2, -0.15) is 0 Å². The summed E-state index contributed by atoms with van der Waals surface area (Å²) in [6.07, 6.45) is 0.700. The van der Waals surface area contributed by atoms with Crippen molar-refractivity contribution >= 4 is 11.8 Å². The van der Waals surface area contributed by atoms with Crippen molar-refractivity contribution < 1.29 is 14.3 Å². The van der Waals surface area contributed by atoms with E-state index in [-0.39, 0.29) is 23.8 Å². The summed E-state index contributed by atoms with van der Waals surface area (Å²) < 4.78 is 5.18. The number of carbonyl (C=O) groups is 2. The maximum Gasteiger partial charge on any atom is 0.251 e. The monoisotopic (exact) mass is 368 g/mol. The van der Waals surface area contributed by atoms with E-state index in [2.05, 4.69) is 31.4 Å². The first-order valence-corrected chi connectivity index (χ1v) is 9.08. The van der Waals surface area contributed by atoms with Crippen molar-refractivity contribution in [3.8, 4) is 5.75 Å². The molecular formula is C22H28N2O3. The molecule has 2 amide bonds. The smallest absolute Gasteiger partial charge is 0.251 e. The average Bonchev–Trinajstić information content (AvgIpc) is 2.65. The maximum absolute atomic E-state index is 12.2. The molecule has 5 nitrogen and oxygen atoms in total. The number of amides is 2. The van der Waals surface area contributed by atoms with Crippen LogP contribution in [0.2, 0.25) is 0 Å². The Morgan fingerprint density at radius 1 is 1.00 bits per heavy atom. The lowest BCUT2D eigenvalue weighted by Crippen LogP contribution is -2.37. The van der Waals surface area contributed by atoms with Gasteiger partial charge in [0.05, 0.1) is 13.7 Å². The number of benzene rings is 2. The van der Waals surface area contributed by atoms with Gasteiger partial charge in [0.15, 0.2) is 0 Å². The molecule has 0 aliphatic carbocycles. The van der Waals surface area contributed by atoms with E-state index in [0.29, 0.717) is 18.5 Å². The van der Waals surface area contributed by atoms with Crippen LogP contribution in [0.3, 0.4) is 0 Å². The minimum absolute atomic E-state index is 0.0393. The summed E-state index contributed by atoms with van der Waals surface area (Å²) in [5.74, 6) is 0.333. The van der Waals surface area contributed by atoms with Gasteiger partial charge in [0.1, 0.15) is 5.75 Å². The van der Waals surface area contributed by atoms with Gasteiger partial charge in [0.2, 0.25) is 5.91 Å². The van der Waals surface area contributed by atoms with E-state index >= 15 is 0 Å². The molecule has 0 spiro atoms. The number of hydrogen-bond donors (Lipinski definition) is 2. The summed E-state index contributed by atoms with van der Waals surface area (Å²) in [6.45, 7) is 6.83. The van der Waals surface area contributed by atoms with Gasteiger partial charge in [-0.1, -0.05) is 45.0 Å². The van der Waals surface area contributed by atoms with E-state index in [1.54, 1.807) is 19.2 Å². The highest BCUT2D eigenvalue weighted by Crippen LogP contribution is 2.22. The molecule has 0 bridgehead atoms. The third-order valence-electron chi connectivity index (χ3n) is 4.29. The fraction of sp³-hybridized carbons (Fsp3) is 0.364. The van der Waals surface area contributed by atoms with E-state index in [9.17, 15) is 9.59 Å².